The number of ether oxygens (including phenoxy) is 1. The van der Waals surface area contributed by atoms with Crippen LogP contribution in [0, 0.1) is 0 Å². The van der Waals surface area contributed by atoms with E-state index in [1.54, 1.807) is 68.5 Å². The Kier molecular flexibility index (Phi) is 6.82. The van der Waals surface area contributed by atoms with Crippen molar-refractivity contribution in [3.05, 3.63) is 90.0 Å². The monoisotopic (exact) mass is 375 g/mol. The van der Waals surface area contributed by atoms with E-state index < -0.39 is 5.97 Å². The van der Waals surface area contributed by atoms with Crippen molar-refractivity contribution in [3.8, 4) is 5.75 Å². The second-order valence-corrected chi connectivity index (χ2v) is 6.25. The molecule has 5 nitrogen and oxygen atoms in total. The van der Waals surface area contributed by atoms with Crippen molar-refractivity contribution in [1.82, 2.24) is 0 Å². The Balaban J connectivity index is 1.99. The van der Waals surface area contributed by atoms with Crippen LogP contribution in [0.25, 0.3) is 6.08 Å². The van der Waals surface area contributed by atoms with Crippen molar-refractivity contribution in [1.29, 1.82) is 0 Å². The van der Waals surface area contributed by atoms with Gasteiger partial charge in [0, 0.05) is 22.4 Å². The van der Waals surface area contributed by atoms with Gasteiger partial charge in [0.2, 0.25) is 0 Å². The van der Waals surface area contributed by atoms with Crippen LogP contribution >= 0.6 is 0 Å². The molecule has 0 saturated heterocycles. The fourth-order valence-corrected chi connectivity index (χ4v) is 2.06. The number of ketones is 1. The highest BCUT2D eigenvalue weighted by molar-refractivity contribution is 6.07. The Bertz CT molecular complexity index is 951. The molecule has 0 spiro atoms. The van der Waals surface area contributed by atoms with Gasteiger partial charge >= 0.3 is 5.97 Å². The number of nitrogens with one attached hydrogen (secondary N) is 1. The van der Waals surface area contributed by atoms with Crippen LogP contribution < -0.4 is 10.1 Å². The number of carbonyl (C=O) groups excluding carboxylic acids is 3. The molecule has 0 heterocycles. The fourth-order valence-electron chi connectivity index (χ4n) is 2.06. The quantitative estimate of drug-likeness (QED) is 0.333. The van der Waals surface area contributed by atoms with E-state index >= 15 is 0 Å². The van der Waals surface area contributed by atoms with E-state index in [4.69, 9.17) is 4.74 Å². The number of benzene rings is 2. The second kappa shape index (κ2) is 9.28. The lowest BCUT2D eigenvalue weighted by atomic mass is 10.1. The number of anilines is 1. The molecule has 2 rings (SSSR count). The first-order chi connectivity index (χ1) is 13.3. The molecule has 0 aliphatic rings. The first kappa shape index (κ1) is 20.6. The lowest BCUT2D eigenvalue weighted by Gasteiger charge is -2.05. The van der Waals surface area contributed by atoms with E-state index in [-0.39, 0.29) is 11.7 Å². The molecule has 0 unspecified atom stereocenters. The van der Waals surface area contributed by atoms with Gasteiger partial charge in [0.15, 0.2) is 5.78 Å². The van der Waals surface area contributed by atoms with Gasteiger partial charge in [-0.15, -0.1) is 0 Å². The number of rotatable bonds is 7. The summed E-state index contributed by atoms with van der Waals surface area (Å²) in [5.41, 5.74) is 2.60. The molecule has 0 saturated carbocycles. The summed E-state index contributed by atoms with van der Waals surface area (Å²) in [6.45, 7) is 10.3. The highest BCUT2D eigenvalue weighted by atomic mass is 16.5. The van der Waals surface area contributed by atoms with Gasteiger partial charge in [0.25, 0.3) is 5.91 Å². The van der Waals surface area contributed by atoms with Gasteiger partial charge in [-0.05, 0) is 61.9 Å². The van der Waals surface area contributed by atoms with E-state index in [1.807, 2.05) is 0 Å². The molecular weight excluding hydrogens is 354 g/mol. The summed E-state index contributed by atoms with van der Waals surface area (Å²) in [7, 11) is 0. The minimum atomic E-state index is -0.485. The first-order valence-corrected chi connectivity index (χ1v) is 8.53. The molecule has 0 aliphatic heterocycles. The number of esters is 1. The highest BCUT2D eigenvalue weighted by Gasteiger charge is 2.06. The van der Waals surface area contributed by atoms with E-state index in [0.29, 0.717) is 28.1 Å². The third kappa shape index (κ3) is 5.92. The standard InChI is InChI=1S/C23H21NO4/c1-15(2)22(26)24-19-10-8-18(9-11-19)21(25)14-7-17-5-12-20(13-6-17)28-23(27)16(3)4/h5-14H,1,3H2,2,4H3,(H,24,26)/b14-7+. The third-order valence-corrected chi connectivity index (χ3v) is 3.68. The van der Waals surface area contributed by atoms with Crippen molar-refractivity contribution in [2.75, 3.05) is 5.32 Å². The van der Waals surface area contributed by atoms with Crippen LogP contribution in [0.1, 0.15) is 29.8 Å². The zero-order chi connectivity index (χ0) is 20.7. The van der Waals surface area contributed by atoms with Gasteiger partial charge in [-0.2, -0.15) is 0 Å². The number of hydrogen-bond donors (Lipinski definition) is 1. The Morgan fingerprint density at radius 3 is 2.04 bits per heavy atom. The van der Waals surface area contributed by atoms with E-state index in [0.717, 1.165) is 5.56 Å². The van der Waals surface area contributed by atoms with Crippen LogP contribution in [-0.2, 0) is 9.59 Å². The maximum atomic E-state index is 12.3. The SMILES string of the molecule is C=C(C)C(=O)Nc1ccc(C(=O)/C=C/c2ccc(OC(=O)C(=C)C)cc2)cc1. The van der Waals surface area contributed by atoms with E-state index in [9.17, 15) is 14.4 Å². The Labute approximate surface area is 164 Å². The van der Waals surface area contributed by atoms with Gasteiger partial charge in [0.1, 0.15) is 5.75 Å². The molecule has 1 N–H and O–H groups in total. The van der Waals surface area contributed by atoms with Gasteiger partial charge in [-0.3, -0.25) is 9.59 Å². The first-order valence-electron chi connectivity index (χ1n) is 8.53. The Morgan fingerprint density at radius 1 is 0.893 bits per heavy atom. The van der Waals surface area contributed by atoms with Crippen molar-refractivity contribution < 1.29 is 19.1 Å². The molecule has 0 radical (unpaired) electrons. The summed E-state index contributed by atoms with van der Waals surface area (Å²) in [4.78, 5) is 35.3. The zero-order valence-corrected chi connectivity index (χ0v) is 15.8. The summed E-state index contributed by atoms with van der Waals surface area (Å²) in [5, 5.41) is 2.68. The summed E-state index contributed by atoms with van der Waals surface area (Å²) in [5.74, 6) is -0.517. The fraction of sp³-hybridized carbons (Fsp3) is 0.0870. The summed E-state index contributed by atoms with van der Waals surface area (Å²) in [6.07, 6.45) is 3.12. The summed E-state index contributed by atoms with van der Waals surface area (Å²) < 4.78 is 5.11. The molecule has 1 amide bonds. The minimum absolute atomic E-state index is 0.171. The van der Waals surface area contributed by atoms with Crippen molar-refractivity contribution in [2.24, 2.45) is 0 Å². The number of allylic oxidation sites excluding steroid dienone is 1. The molecule has 5 heteroatoms. The maximum absolute atomic E-state index is 12.3. The average molecular weight is 375 g/mol. The highest BCUT2D eigenvalue weighted by Crippen LogP contribution is 2.16. The molecule has 2 aromatic rings. The third-order valence-electron chi connectivity index (χ3n) is 3.68. The zero-order valence-electron chi connectivity index (χ0n) is 15.8. The molecule has 0 atom stereocenters. The van der Waals surface area contributed by atoms with Crippen LogP contribution in [0.3, 0.4) is 0 Å². The van der Waals surface area contributed by atoms with Crippen LogP contribution in [-0.4, -0.2) is 17.7 Å². The van der Waals surface area contributed by atoms with Crippen LogP contribution in [0.5, 0.6) is 5.75 Å². The van der Waals surface area contributed by atoms with Gasteiger partial charge in [-0.1, -0.05) is 31.4 Å². The Morgan fingerprint density at radius 2 is 1.50 bits per heavy atom. The number of carbonyl (C=O) groups is 3. The largest absolute Gasteiger partial charge is 0.423 e. The van der Waals surface area contributed by atoms with Crippen LogP contribution in [0.15, 0.2) is 78.9 Å². The van der Waals surface area contributed by atoms with Gasteiger partial charge in [0.05, 0.1) is 0 Å². The second-order valence-electron chi connectivity index (χ2n) is 6.25. The predicted octanol–water partition coefficient (Wildman–Crippen LogP) is 4.58. The normalized spacial score (nSPS) is 10.4. The molecule has 0 fully saturated rings. The molecule has 142 valence electrons. The van der Waals surface area contributed by atoms with E-state index in [2.05, 4.69) is 18.5 Å². The summed E-state index contributed by atoms with van der Waals surface area (Å²) >= 11 is 0. The van der Waals surface area contributed by atoms with Crippen molar-refractivity contribution >= 4 is 29.4 Å². The maximum Gasteiger partial charge on any atom is 0.338 e. The average Bonchev–Trinajstić information content (AvgIpc) is 2.67. The number of amides is 1. The molecular formula is C23H21NO4. The Hall–Kier alpha value is -3.73. The van der Waals surface area contributed by atoms with Crippen molar-refractivity contribution in [3.63, 3.8) is 0 Å². The smallest absolute Gasteiger partial charge is 0.338 e. The van der Waals surface area contributed by atoms with Crippen molar-refractivity contribution in [2.45, 2.75) is 13.8 Å². The lowest BCUT2D eigenvalue weighted by Crippen LogP contribution is -2.11. The van der Waals surface area contributed by atoms with Gasteiger partial charge in [-0.25, -0.2) is 4.79 Å². The molecule has 0 bridgehead atoms. The molecule has 2 aromatic carbocycles. The van der Waals surface area contributed by atoms with Gasteiger partial charge < -0.3 is 10.1 Å². The lowest BCUT2D eigenvalue weighted by molar-refractivity contribution is -0.130. The van der Waals surface area contributed by atoms with E-state index in [1.165, 1.54) is 6.08 Å². The molecule has 0 aromatic heterocycles. The minimum Gasteiger partial charge on any atom is -0.423 e. The predicted molar refractivity (Wildman–Crippen MR) is 110 cm³/mol. The topological polar surface area (TPSA) is 72.5 Å². The van der Waals surface area contributed by atoms with Crippen LogP contribution in [0.4, 0.5) is 5.69 Å². The number of hydrogen-bond acceptors (Lipinski definition) is 4. The summed E-state index contributed by atoms with van der Waals surface area (Å²) in [6, 6.07) is 13.4. The molecule has 0 aliphatic carbocycles. The van der Waals surface area contributed by atoms with Crippen LogP contribution in [0.2, 0.25) is 0 Å². The molecule has 28 heavy (non-hydrogen) atoms.